The molecule has 284 valence electrons. The van der Waals surface area contributed by atoms with Crippen molar-refractivity contribution in [2.24, 2.45) is 0 Å². The molecule has 1 aliphatic heterocycles. The van der Waals surface area contributed by atoms with Gasteiger partial charge in [0.15, 0.2) is 0 Å². The SMILES string of the molecule is OC(c1cccc(C2O[C@H](COCc3ccccc3)[C@@H](OCc3ccccc3)[C@H](OCc3ccccc3)[C@H]2OCc2ccccc2)c1)c1cc2ccccc2s1. The molecule has 56 heavy (non-hydrogen) atoms. The Balaban J connectivity index is 1.16. The molecule has 0 radical (unpaired) electrons. The summed E-state index contributed by atoms with van der Waals surface area (Å²) in [6.07, 6.45) is -3.57. The lowest BCUT2D eigenvalue weighted by atomic mass is 9.89. The number of aliphatic hydroxyl groups excluding tert-OH is 1. The average Bonchev–Trinajstić information content (AvgIpc) is 3.70. The highest BCUT2D eigenvalue weighted by molar-refractivity contribution is 7.19. The topological polar surface area (TPSA) is 66.4 Å². The Morgan fingerprint density at radius 1 is 0.518 bits per heavy atom. The fourth-order valence-corrected chi connectivity index (χ4v) is 8.34. The Kier molecular flexibility index (Phi) is 12.7. The Bertz CT molecular complexity index is 2200. The van der Waals surface area contributed by atoms with Gasteiger partial charge in [0.1, 0.15) is 36.6 Å². The summed E-state index contributed by atoms with van der Waals surface area (Å²) in [5.41, 5.74) is 5.86. The van der Waals surface area contributed by atoms with Crippen molar-refractivity contribution in [3.63, 3.8) is 0 Å². The maximum Gasteiger partial charge on any atom is 0.117 e. The maximum atomic E-state index is 11.8. The molecule has 0 aliphatic carbocycles. The van der Waals surface area contributed by atoms with Crippen molar-refractivity contribution in [3.05, 3.63) is 214 Å². The van der Waals surface area contributed by atoms with Crippen LogP contribution in [0.1, 0.15) is 50.5 Å². The lowest BCUT2D eigenvalue weighted by molar-refractivity contribution is -0.275. The van der Waals surface area contributed by atoms with E-state index in [1.54, 1.807) is 11.3 Å². The Morgan fingerprint density at radius 2 is 1.04 bits per heavy atom. The fourth-order valence-electron chi connectivity index (χ4n) is 7.27. The third-order valence-corrected chi connectivity index (χ3v) is 11.3. The highest BCUT2D eigenvalue weighted by Crippen LogP contribution is 2.40. The molecular weight excluding hydrogens is 717 g/mol. The first-order valence-electron chi connectivity index (χ1n) is 19.2. The predicted octanol–water partition coefficient (Wildman–Crippen LogP) is 10.4. The first-order valence-corrected chi connectivity index (χ1v) is 20.0. The molecular formula is C49H46O6S. The number of fused-ring (bicyclic) bond motifs is 1. The summed E-state index contributed by atoms with van der Waals surface area (Å²) in [4.78, 5) is 0.885. The molecule has 8 rings (SSSR count). The summed E-state index contributed by atoms with van der Waals surface area (Å²) in [5.74, 6) is 0. The summed E-state index contributed by atoms with van der Waals surface area (Å²) in [6.45, 7) is 1.77. The number of hydrogen-bond acceptors (Lipinski definition) is 7. The molecule has 0 saturated carbocycles. The molecule has 1 fully saturated rings. The normalized spacial score (nSPS) is 20.2. The van der Waals surface area contributed by atoms with Crippen molar-refractivity contribution in [3.8, 4) is 0 Å². The van der Waals surface area contributed by atoms with Gasteiger partial charge in [0.05, 0.1) is 33.0 Å². The predicted molar refractivity (Wildman–Crippen MR) is 221 cm³/mol. The van der Waals surface area contributed by atoms with Gasteiger partial charge >= 0.3 is 0 Å². The summed E-state index contributed by atoms with van der Waals surface area (Å²) in [5, 5.41) is 12.9. The molecule has 7 aromatic rings. The summed E-state index contributed by atoms with van der Waals surface area (Å²) in [6, 6.07) is 59.0. The molecule has 2 unspecified atom stereocenters. The van der Waals surface area contributed by atoms with Crippen molar-refractivity contribution in [2.75, 3.05) is 6.61 Å². The monoisotopic (exact) mass is 762 g/mol. The van der Waals surface area contributed by atoms with E-state index in [1.807, 2.05) is 109 Å². The largest absolute Gasteiger partial charge is 0.383 e. The van der Waals surface area contributed by atoms with Crippen molar-refractivity contribution >= 4 is 21.4 Å². The van der Waals surface area contributed by atoms with E-state index in [-0.39, 0.29) is 6.61 Å². The van der Waals surface area contributed by atoms with Crippen LogP contribution < -0.4 is 0 Å². The number of ether oxygens (including phenoxy) is 5. The molecule has 1 saturated heterocycles. The van der Waals surface area contributed by atoms with Crippen molar-refractivity contribution in [1.29, 1.82) is 0 Å². The fraction of sp³-hybridized carbons (Fsp3) is 0.224. The first kappa shape index (κ1) is 37.9. The van der Waals surface area contributed by atoms with Gasteiger partial charge in [0.2, 0.25) is 0 Å². The van der Waals surface area contributed by atoms with Crippen LogP contribution in [-0.2, 0) is 50.1 Å². The lowest BCUT2D eigenvalue weighted by Gasteiger charge is -2.46. The third-order valence-electron chi connectivity index (χ3n) is 10.2. The minimum absolute atomic E-state index is 0.269. The minimum atomic E-state index is -0.809. The quantitative estimate of drug-likeness (QED) is 0.106. The second-order valence-corrected chi connectivity index (χ2v) is 15.3. The number of benzene rings is 6. The van der Waals surface area contributed by atoms with Gasteiger partial charge in [-0.3, -0.25) is 0 Å². The second-order valence-electron chi connectivity index (χ2n) is 14.1. The van der Waals surface area contributed by atoms with Crippen LogP contribution in [0.4, 0.5) is 0 Å². The van der Waals surface area contributed by atoms with E-state index >= 15 is 0 Å². The molecule has 1 aromatic heterocycles. The van der Waals surface area contributed by atoms with E-state index in [1.165, 1.54) is 0 Å². The Morgan fingerprint density at radius 3 is 1.62 bits per heavy atom. The van der Waals surface area contributed by atoms with Crippen LogP contribution in [0.5, 0.6) is 0 Å². The molecule has 1 aliphatic rings. The third kappa shape index (κ3) is 9.52. The molecule has 2 heterocycles. The lowest BCUT2D eigenvalue weighted by Crippen LogP contribution is -2.58. The second kappa shape index (κ2) is 18.8. The molecule has 0 spiro atoms. The molecule has 6 aromatic carbocycles. The van der Waals surface area contributed by atoms with Gasteiger partial charge in [-0.25, -0.2) is 0 Å². The highest BCUT2D eigenvalue weighted by Gasteiger charge is 2.49. The van der Waals surface area contributed by atoms with Crippen molar-refractivity contribution in [1.82, 2.24) is 0 Å². The summed E-state index contributed by atoms with van der Waals surface area (Å²) in [7, 11) is 0. The molecule has 0 bridgehead atoms. The van der Waals surface area contributed by atoms with Crippen LogP contribution in [0.15, 0.2) is 176 Å². The maximum absolute atomic E-state index is 11.8. The Labute approximate surface area is 332 Å². The van der Waals surface area contributed by atoms with Crippen LogP contribution in [0, 0.1) is 0 Å². The average molecular weight is 763 g/mol. The van der Waals surface area contributed by atoms with Gasteiger partial charge in [-0.2, -0.15) is 0 Å². The first-order chi connectivity index (χ1) is 27.7. The number of rotatable bonds is 16. The zero-order valence-electron chi connectivity index (χ0n) is 31.1. The standard InChI is InChI=1S/C49H46O6S/c50-45(44-29-39-24-13-14-27-43(39)56-44)40-25-15-26-41(28-40)46-48(53-32-37-20-9-3-10-21-37)49(54-33-38-22-11-4-12-23-38)47(52-31-36-18-7-2-8-19-36)42(55-46)34-51-30-35-16-5-1-6-17-35/h1-29,42,45-50H,30-34H2/t42-,45?,46?,47-,48+,49+/m1/s1. The zero-order chi connectivity index (χ0) is 37.9. The minimum Gasteiger partial charge on any atom is -0.383 e. The van der Waals surface area contributed by atoms with Crippen LogP contribution in [0.2, 0.25) is 0 Å². The van der Waals surface area contributed by atoms with Gasteiger partial charge in [-0.1, -0.05) is 164 Å². The smallest absolute Gasteiger partial charge is 0.117 e. The summed E-state index contributed by atoms with van der Waals surface area (Å²) < 4.78 is 35.5. The van der Waals surface area contributed by atoms with Crippen molar-refractivity contribution < 1.29 is 28.8 Å². The van der Waals surface area contributed by atoms with Gasteiger partial charge in [-0.15, -0.1) is 11.3 Å². The van der Waals surface area contributed by atoms with E-state index in [2.05, 4.69) is 66.7 Å². The van der Waals surface area contributed by atoms with Crippen molar-refractivity contribution in [2.45, 2.75) is 63.1 Å². The van der Waals surface area contributed by atoms with Crippen LogP contribution in [0.25, 0.3) is 10.1 Å². The van der Waals surface area contributed by atoms with Gasteiger partial charge in [0.25, 0.3) is 0 Å². The van der Waals surface area contributed by atoms with Crippen LogP contribution in [0.3, 0.4) is 0 Å². The van der Waals surface area contributed by atoms with E-state index in [0.29, 0.717) is 26.4 Å². The number of aliphatic hydroxyl groups is 1. The zero-order valence-corrected chi connectivity index (χ0v) is 32.0. The van der Waals surface area contributed by atoms with Crippen LogP contribution >= 0.6 is 11.3 Å². The van der Waals surface area contributed by atoms with E-state index in [0.717, 1.165) is 48.3 Å². The molecule has 6 nitrogen and oxygen atoms in total. The molecule has 6 atom stereocenters. The van der Waals surface area contributed by atoms with Crippen LogP contribution in [-0.4, -0.2) is 36.1 Å². The number of hydrogen-bond donors (Lipinski definition) is 1. The van der Waals surface area contributed by atoms with Gasteiger partial charge < -0.3 is 28.8 Å². The highest BCUT2D eigenvalue weighted by atomic mass is 32.1. The summed E-state index contributed by atoms with van der Waals surface area (Å²) >= 11 is 1.61. The van der Waals surface area contributed by atoms with E-state index in [9.17, 15) is 5.11 Å². The Hall–Kier alpha value is -4.96. The van der Waals surface area contributed by atoms with Gasteiger partial charge in [-0.05, 0) is 50.9 Å². The molecule has 7 heteroatoms. The van der Waals surface area contributed by atoms with Gasteiger partial charge in [0, 0.05) is 9.58 Å². The van der Waals surface area contributed by atoms with E-state index < -0.39 is 36.6 Å². The molecule has 0 amide bonds. The molecule has 1 N–H and O–H groups in total. The van der Waals surface area contributed by atoms with E-state index in [4.69, 9.17) is 23.7 Å². The number of thiophene rings is 1.